The van der Waals surface area contributed by atoms with Crippen LogP contribution < -0.4 is 5.73 Å². The van der Waals surface area contributed by atoms with Gasteiger partial charge in [-0.3, -0.25) is 0 Å². The molecule has 2 aliphatic carbocycles. The Balaban J connectivity index is 1.99. The van der Waals surface area contributed by atoms with Gasteiger partial charge in [0.15, 0.2) is 0 Å². The summed E-state index contributed by atoms with van der Waals surface area (Å²) < 4.78 is 30.0. The van der Waals surface area contributed by atoms with Crippen LogP contribution in [0, 0.1) is 5.41 Å². The molecular weight excluding hydrogens is 286 g/mol. The number of hydrogen-bond donors (Lipinski definition) is 1. The van der Waals surface area contributed by atoms with E-state index in [2.05, 4.69) is 13.8 Å². The van der Waals surface area contributed by atoms with Gasteiger partial charge < -0.3 is 10.5 Å². The van der Waals surface area contributed by atoms with Crippen LogP contribution in [0.25, 0.3) is 0 Å². The largest absolute Gasteiger partial charge is 0.370 e. The summed E-state index contributed by atoms with van der Waals surface area (Å²) in [5.41, 5.74) is 6.18. The first kappa shape index (κ1) is 17.2. The summed E-state index contributed by atoms with van der Waals surface area (Å²) in [5, 5.41) is -0.230. The van der Waals surface area contributed by atoms with Gasteiger partial charge in [0, 0.05) is 12.8 Å². The predicted octanol–water partition coefficient (Wildman–Crippen LogP) is 2.66. The molecule has 2 unspecified atom stereocenters. The topological polar surface area (TPSA) is 69.4 Å². The molecule has 0 amide bonds. The lowest BCUT2D eigenvalue weighted by Crippen LogP contribution is -2.49. The Bertz CT molecular complexity index is 448. The first-order valence-corrected chi connectivity index (χ1v) is 10.2. The zero-order valence-corrected chi connectivity index (χ0v) is 14.5. The maximum absolute atomic E-state index is 11.8. The summed E-state index contributed by atoms with van der Waals surface area (Å²) in [6.07, 6.45) is 8.99. The normalized spacial score (nSPS) is 32.8. The van der Waals surface area contributed by atoms with Crippen LogP contribution in [0.2, 0.25) is 0 Å². The van der Waals surface area contributed by atoms with Gasteiger partial charge in [-0.2, -0.15) is 0 Å². The van der Waals surface area contributed by atoms with Gasteiger partial charge >= 0.3 is 0 Å². The molecule has 5 heteroatoms. The number of sulfone groups is 1. The third-order valence-corrected chi connectivity index (χ3v) is 7.13. The van der Waals surface area contributed by atoms with Crippen molar-refractivity contribution < 1.29 is 13.2 Å². The van der Waals surface area contributed by atoms with E-state index in [4.69, 9.17) is 10.5 Å². The molecule has 0 bridgehead atoms. The molecule has 2 aliphatic rings. The minimum atomic E-state index is -2.96. The van der Waals surface area contributed by atoms with Crippen molar-refractivity contribution in [3.05, 3.63) is 0 Å². The Morgan fingerprint density at radius 3 is 2.29 bits per heavy atom. The second-order valence-corrected chi connectivity index (χ2v) is 10.2. The van der Waals surface area contributed by atoms with Crippen LogP contribution in [0.1, 0.15) is 65.2 Å². The second kappa shape index (κ2) is 6.17. The van der Waals surface area contributed by atoms with E-state index in [1.165, 1.54) is 6.26 Å². The molecule has 0 aromatic heterocycles. The molecule has 0 aromatic rings. The lowest BCUT2D eigenvalue weighted by Gasteiger charge is -2.45. The molecule has 21 heavy (non-hydrogen) atoms. The van der Waals surface area contributed by atoms with E-state index in [9.17, 15) is 8.42 Å². The van der Waals surface area contributed by atoms with Gasteiger partial charge in [0.25, 0.3) is 0 Å². The van der Waals surface area contributed by atoms with E-state index in [1.54, 1.807) is 0 Å². The standard InChI is InChI=1S/C16H31NO3S/c1-15(2)7-9-16(12-17,10-8-15)20-13-5-4-6-14(11-13)21(3,18)19/h13-14H,4-12,17H2,1-3H3. The van der Waals surface area contributed by atoms with Gasteiger partial charge in [-0.05, 0) is 56.8 Å². The summed E-state index contributed by atoms with van der Waals surface area (Å²) in [7, 11) is -2.96. The van der Waals surface area contributed by atoms with Gasteiger partial charge in [-0.25, -0.2) is 8.42 Å². The summed E-state index contributed by atoms with van der Waals surface area (Å²) in [4.78, 5) is 0. The summed E-state index contributed by atoms with van der Waals surface area (Å²) >= 11 is 0. The lowest BCUT2D eigenvalue weighted by atomic mass is 9.70. The van der Waals surface area contributed by atoms with Crippen molar-refractivity contribution in [3.8, 4) is 0 Å². The smallest absolute Gasteiger partial charge is 0.150 e. The molecule has 4 nitrogen and oxygen atoms in total. The van der Waals surface area contributed by atoms with Gasteiger partial charge in [0.2, 0.25) is 0 Å². The fourth-order valence-electron chi connectivity index (χ4n) is 3.70. The van der Waals surface area contributed by atoms with Crippen molar-refractivity contribution in [3.63, 3.8) is 0 Å². The maximum Gasteiger partial charge on any atom is 0.150 e. The lowest BCUT2D eigenvalue weighted by molar-refractivity contribution is -0.129. The van der Waals surface area contributed by atoms with E-state index < -0.39 is 9.84 Å². The van der Waals surface area contributed by atoms with Crippen LogP contribution in [0.5, 0.6) is 0 Å². The van der Waals surface area contributed by atoms with E-state index >= 15 is 0 Å². The fourth-order valence-corrected chi connectivity index (χ4v) is 4.86. The Morgan fingerprint density at radius 2 is 1.76 bits per heavy atom. The molecule has 2 atom stereocenters. The molecule has 2 fully saturated rings. The molecule has 0 radical (unpaired) electrons. The summed E-state index contributed by atoms with van der Waals surface area (Å²) in [6, 6.07) is 0. The van der Waals surface area contributed by atoms with Gasteiger partial charge in [0.05, 0.1) is 17.0 Å². The molecule has 2 N–H and O–H groups in total. The molecule has 0 aliphatic heterocycles. The highest BCUT2D eigenvalue weighted by atomic mass is 32.2. The average Bonchev–Trinajstić information content (AvgIpc) is 2.41. The molecule has 0 heterocycles. The minimum Gasteiger partial charge on any atom is -0.370 e. The van der Waals surface area contributed by atoms with Crippen molar-refractivity contribution >= 4 is 9.84 Å². The van der Waals surface area contributed by atoms with Crippen molar-refractivity contribution in [1.82, 2.24) is 0 Å². The van der Waals surface area contributed by atoms with E-state index in [0.29, 0.717) is 18.4 Å². The molecule has 0 aromatic carbocycles. The highest BCUT2D eigenvalue weighted by Crippen LogP contribution is 2.43. The maximum atomic E-state index is 11.8. The van der Waals surface area contributed by atoms with E-state index in [-0.39, 0.29) is 17.0 Å². The molecule has 2 rings (SSSR count). The van der Waals surface area contributed by atoms with Gasteiger partial charge in [-0.1, -0.05) is 13.8 Å². The van der Waals surface area contributed by atoms with Crippen molar-refractivity contribution in [1.29, 1.82) is 0 Å². The van der Waals surface area contributed by atoms with Crippen LogP contribution in [-0.2, 0) is 14.6 Å². The van der Waals surface area contributed by atoms with Crippen LogP contribution >= 0.6 is 0 Å². The SMILES string of the molecule is CC1(C)CCC(CN)(OC2CCCC(S(C)(=O)=O)C2)CC1. The van der Waals surface area contributed by atoms with Crippen LogP contribution in [0.15, 0.2) is 0 Å². The zero-order valence-electron chi connectivity index (χ0n) is 13.7. The Labute approximate surface area is 129 Å². The van der Waals surface area contributed by atoms with Crippen LogP contribution in [-0.4, -0.2) is 38.2 Å². The summed E-state index contributed by atoms with van der Waals surface area (Å²) in [6.45, 7) is 5.14. The predicted molar refractivity (Wildman–Crippen MR) is 86.0 cm³/mol. The van der Waals surface area contributed by atoms with Gasteiger partial charge in [-0.15, -0.1) is 0 Å². The molecule has 0 spiro atoms. The Hall–Kier alpha value is -0.130. The monoisotopic (exact) mass is 317 g/mol. The second-order valence-electron chi connectivity index (χ2n) is 7.91. The zero-order chi connectivity index (χ0) is 15.7. The third kappa shape index (κ3) is 4.42. The van der Waals surface area contributed by atoms with Crippen LogP contribution in [0.3, 0.4) is 0 Å². The molecule has 2 saturated carbocycles. The quantitative estimate of drug-likeness (QED) is 0.865. The van der Waals surface area contributed by atoms with Crippen molar-refractivity contribution in [2.75, 3.05) is 12.8 Å². The van der Waals surface area contributed by atoms with E-state index in [1.807, 2.05) is 0 Å². The van der Waals surface area contributed by atoms with Gasteiger partial charge in [0.1, 0.15) is 9.84 Å². The highest BCUT2D eigenvalue weighted by Gasteiger charge is 2.41. The highest BCUT2D eigenvalue weighted by molar-refractivity contribution is 7.91. The van der Waals surface area contributed by atoms with Crippen molar-refractivity contribution in [2.45, 2.75) is 82.2 Å². The van der Waals surface area contributed by atoms with Crippen LogP contribution in [0.4, 0.5) is 0 Å². The Kier molecular flexibility index (Phi) is 5.06. The molecular formula is C16H31NO3S. The average molecular weight is 317 g/mol. The number of nitrogens with two attached hydrogens (primary N) is 1. The molecule has 0 saturated heterocycles. The Morgan fingerprint density at radius 1 is 1.14 bits per heavy atom. The summed E-state index contributed by atoms with van der Waals surface area (Å²) in [5.74, 6) is 0. The fraction of sp³-hybridized carbons (Fsp3) is 1.00. The third-order valence-electron chi connectivity index (χ3n) is 5.49. The van der Waals surface area contributed by atoms with Crippen molar-refractivity contribution in [2.24, 2.45) is 11.1 Å². The number of hydrogen-bond acceptors (Lipinski definition) is 4. The first-order chi connectivity index (χ1) is 9.66. The first-order valence-electron chi connectivity index (χ1n) is 8.23. The molecule has 124 valence electrons. The minimum absolute atomic E-state index is 0.0586. The van der Waals surface area contributed by atoms with E-state index in [0.717, 1.165) is 44.9 Å². The number of ether oxygens (including phenoxy) is 1. The number of rotatable bonds is 4.